The maximum atomic E-state index is 11.8. The summed E-state index contributed by atoms with van der Waals surface area (Å²) < 4.78 is 22.8. The Morgan fingerprint density at radius 1 is 1.24 bits per heavy atom. The van der Waals surface area contributed by atoms with Gasteiger partial charge in [0.2, 0.25) is 0 Å². The molecule has 17 heavy (non-hydrogen) atoms. The summed E-state index contributed by atoms with van der Waals surface area (Å²) in [5.74, 6) is 0.0703. The van der Waals surface area contributed by atoms with Gasteiger partial charge in [-0.05, 0) is 33.1 Å². The first-order valence-electron chi connectivity index (χ1n) is 5.98. The molecule has 0 aromatic carbocycles. The molecular weight excluding hydrogens is 238 g/mol. The Hall–Kier alpha value is -0.420. The van der Waals surface area contributed by atoms with Gasteiger partial charge in [-0.2, -0.15) is 0 Å². The van der Waals surface area contributed by atoms with Crippen molar-refractivity contribution >= 4 is 15.6 Å². The molecule has 0 aromatic rings. The number of hydrogen-bond donors (Lipinski definition) is 1. The average molecular weight is 263 g/mol. The molecular formula is C12H25NO3S. The van der Waals surface area contributed by atoms with Gasteiger partial charge in [-0.25, -0.2) is 8.42 Å². The lowest BCUT2D eigenvalue weighted by atomic mass is 10.0. The van der Waals surface area contributed by atoms with E-state index in [9.17, 15) is 13.2 Å². The Kier molecular flexibility index (Phi) is 5.81. The highest BCUT2D eigenvalue weighted by Crippen LogP contribution is 2.17. The molecule has 102 valence electrons. The van der Waals surface area contributed by atoms with Crippen LogP contribution in [0.4, 0.5) is 0 Å². The quantitative estimate of drug-likeness (QED) is 0.788. The van der Waals surface area contributed by atoms with Crippen LogP contribution in [-0.2, 0) is 14.6 Å². The molecule has 0 saturated carbocycles. The Morgan fingerprint density at radius 3 is 2.06 bits per heavy atom. The van der Waals surface area contributed by atoms with Gasteiger partial charge in [-0.15, -0.1) is 0 Å². The van der Waals surface area contributed by atoms with Crippen LogP contribution in [0.15, 0.2) is 0 Å². The second-order valence-corrected chi connectivity index (χ2v) is 8.75. The van der Waals surface area contributed by atoms with Crippen LogP contribution >= 0.6 is 0 Å². The number of carbonyl (C=O) groups is 1. The molecule has 0 rings (SSSR count). The highest BCUT2D eigenvalue weighted by atomic mass is 32.2. The highest BCUT2D eigenvalue weighted by molar-refractivity contribution is 7.92. The number of carbonyl (C=O) groups excluding carboxylic acids is 1. The summed E-state index contributed by atoms with van der Waals surface area (Å²) in [4.78, 5) is 11.7. The molecule has 0 bridgehead atoms. The Bertz CT molecular complexity index is 352. The monoisotopic (exact) mass is 263 g/mol. The predicted octanol–water partition coefficient (Wildman–Crippen LogP) is 1.53. The third kappa shape index (κ3) is 5.64. The maximum absolute atomic E-state index is 11.8. The van der Waals surface area contributed by atoms with Crippen LogP contribution in [0.5, 0.6) is 0 Å². The van der Waals surface area contributed by atoms with E-state index in [4.69, 9.17) is 5.73 Å². The summed E-state index contributed by atoms with van der Waals surface area (Å²) in [6.07, 6.45) is 0.627. The summed E-state index contributed by atoms with van der Waals surface area (Å²) in [5, 5.41) is 0. The number of rotatable bonds is 6. The molecule has 0 amide bonds. The fourth-order valence-corrected chi connectivity index (χ4v) is 2.45. The molecule has 0 aliphatic rings. The van der Waals surface area contributed by atoms with E-state index in [1.54, 1.807) is 20.8 Å². The molecule has 5 heteroatoms. The van der Waals surface area contributed by atoms with Crippen molar-refractivity contribution in [3.8, 4) is 0 Å². The summed E-state index contributed by atoms with van der Waals surface area (Å²) in [6.45, 7) is 8.89. The number of Topliss-reactive ketones (excluding diaryl/α,β-unsaturated/α-hetero) is 1. The van der Waals surface area contributed by atoms with E-state index in [2.05, 4.69) is 0 Å². The van der Waals surface area contributed by atoms with Crippen molar-refractivity contribution < 1.29 is 13.2 Å². The van der Waals surface area contributed by atoms with Gasteiger partial charge in [-0.1, -0.05) is 13.8 Å². The minimum Gasteiger partial charge on any atom is -0.322 e. The molecule has 0 saturated heterocycles. The van der Waals surface area contributed by atoms with Crippen LogP contribution in [0.2, 0.25) is 0 Å². The van der Waals surface area contributed by atoms with Crippen molar-refractivity contribution in [1.29, 1.82) is 0 Å². The Balaban J connectivity index is 4.36. The standard InChI is InChI=1S/C12H25NO3S/c1-9(2)8-10(13)11(14)6-7-17(15,16)12(3,4)5/h9-10H,6-8,13H2,1-5H3. The van der Waals surface area contributed by atoms with E-state index >= 15 is 0 Å². The zero-order valence-electron chi connectivity index (χ0n) is 11.5. The van der Waals surface area contributed by atoms with Gasteiger partial charge in [0.05, 0.1) is 16.5 Å². The van der Waals surface area contributed by atoms with Gasteiger partial charge in [0, 0.05) is 6.42 Å². The van der Waals surface area contributed by atoms with Crippen LogP contribution in [0.1, 0.15) is 47.5 Å². The lowest BCUT2D eigenvalue weighted by molar-refractivity contribution is -0.120. The van der Waals surface area contributed by atoms with Crippen molar-refractivity contribution in [3.63, 3.8) is 0 Å². The number of nitrogens with two attached hydrogens (primary N) is 1. The predicted molar refractivity (Wildman–Crippen MR) is 70.6 cm³/mol. The lowest BCUT2D eigenvalue weighted by Gasteiger charge is -2.19. The van der Waals surface area contributed by atoms with Gasteiger partial charge in [0.15, 0.2) is 15.6 Å². The number of sulfone groups is 1. The second-order valence-electron chi connectivity index (χ2n) is 5.88. The van der Waals surface area contributed by atoms with Gasteiger partial charge < -0.3 is 5.73 Å². The number of ketones is 1. The third-order valence-electron chi connectivity index (χ3n) is 2.69. The Morgan fingerprint density at radius 2 is 1.71 bits per heavy atom. The number of hydrogen-bond acceptors (Lipinski definition) is 4. The van der Waals surface area contributed by atoms with Gasteiger partial charge in [0.1, 0.15) is 0 Å². The van der Waals surface area contributed by atoms with Crippen LogP contribution in [0.3, 0.4) is 0 Å². The van der Waals surface area contributed by atoms with Crippen LogP contribution in [0, 0.1) is 5.92 Å². The summed E-state index contributed by atoms with van der Waals surface area (Å²) in [5.41, 5.74) is 5.71. The molecule has 2 N–H and O–H groups in total. The summed E-state index contributed by atoms with van der Waals surface area (Å²) in [7, 11) is -3.23. The van der Waals surface area contributed by atoms with Gasteiger partial charge in [-0.3, -0.25) is 4.79 Å². The minimum atomic E-state index is -3.23. The zero-order chi connectivity index (χ0) is 13.9. The van der Waals surface area contributed by atoms with E-state index < -0.39 is 20.6 Å². The fourth-order valence-electron chi connectivity index (χ4n) is 1.37. The third-order valence-corrected chi connectivity index (χ3v) is 5.30. The molecule has 0 aromatic heterocycles. The van der Waals surface area contributed by atoms with E-state index in [0.29, 0.717) is 12.3 Å². The van der Waals surface area contributed by atoms with Gasteiger partial charge in [0.25, 0.3) is 0 Å². The molecule has 0 radical (unpaired) electrons. The molecule has 1 atom stereocenters. The molecule has 4 nitrogen and oxygen atoms in total. The highest BCUT2D eigenvalue weighted by Gasteiger charge is 2.29. The van der Waals surface area contributed by atoms with Gasteiger partial charge >= 0.3 is 0 Å². The topological polar surface area (TPSA) is 77.2 Å². The first-order valence-corrected chi connectivity index (χ1v) is 7.63. The van der Waals surface area contributed by atoms with Crippen LogP contribution in [-0.4, -0.2) is 30.7 Å². The first kappa shape index (κ1) is 16.6. The fraction of sp³-hybridized carbons (Fsp3) is 0.917. The molecule has 0 heterocycles. The smallest absolute Gasteiger partial charge is 0.155 e. The maximum Gasteiger partial charge on any atom is 0.155 e. The van der Waals surface area contributed by atoms with Crippen molar-refractivity contribution in [2.24, 2.45) is 11.7 Å². The zero-order valence-corrected chi connectivity index (χ0v) is 12.3. The molecule has 0 spiro atoms. The van der Waals surface area contributed by atoms with Crippen LogP contribution < -0.4 is 5.73 Å². The summed E-state index contributed by atoms with van der Waals surface area (Å²) >= 11 is 0. The normalized spacial score (nSPS) is 15.0. The van der Waals surface area contributed by atoms with Crippen LogP contribution in [0.25, 0.3) is 0 Å². The summed E-state index contributed by atoms with van der Waals surface area (Å²) in [6, 6.07) is -0.537. The van der Waals surface area contributed by atoms with E-state index in [1.807, 2.05) is 13.8 Å². The molecule has 0 aliphatic heterocycles. The van der Waals surface area contributed by atoms with Crippen molar-refractivity contribution in [2.75, 3.05) is 5.75 Å². The van der Waals surface area contributed by atoms with Crippen molar-refractivity contribution in [3.05, 3.63) is 0 Å². The molecule has 0 aliphatic carbocycles. The van der Waals surface area contributed by atoms with E-state index in [-0.39, 0.29) is 18.0 Å². The minimum absolute atomic E-state index is 0.0213. The lowest BCUT2D eigenvalue weighted by Crippen LogP contribution is -2.36. The Labute approximate surface area is 105 Å². The average Bonchev–Trinajstić information content (AvgIpc) is 2.11. The SMILES string of the molecule is CC(C)CC(N)C(=O)CCS(=O)(=O)C(C)(C)C. The largest absolute Gasteiger partial charge is 0.322 e. The second kappa shape index (κ2) is 5.96. The van der Waals surface area contributed by atoms with E-state index in [1.165, 1.54) is 0 Å². The van der Waals surface area contributed by atoms with E-state index in [0.717, 1.165) is 0 Å². The first-order chi connectivity index (χ1) is 7.47. The molecule has 0 fully saturated rings. The van der Waals surface area contributed by atoms with Crippen molar-refractivity contribution in [1.82, 2.24) is 0 Å². The molecule has 1 unspecified atom stereocenters. The van der Waals surface area contributed by atoms with Crippen molar-refractivity contribution in [2.45, 2.75) is 58.2 Å².